The van der Waals surface area contributed by atoms with Crippen molar-refractivity contribution < 1.29 is 0 Å². The van der Waals surface area contributed by atoms with E-state index in [1.165, 1.54) is 10.6 Å². The van der Waals surface area contributed by atoms with Gasteiger partial charge in [0, 0.05) is 0 Å². The Labute approximate surface area is 130 Å². The van der Waals surface area contributed by atoms with E-state index >= 15 is 0 Å². The van der Waals surface area contributed by atoms with Crippen molar-refractivity contribution in [1.82, 2.24) is 0 Å². The van der Waals surface area contributed by atoms with Crippen LogP contribution in [0.15, 0.2) is 84.9 Å². The molecule has 3 aromatic rings. The van der Waals surface area contributed by atoms with Gasteiger partial charge in [-0.25, -0.2) is 0 Å². The van der Waals surface area contributed by atoms with Crippen LogP contribution < -0.4 is 21.6 Å². The SMILES string of the molecule is Nc1cccc([PH](Cl)(c2ccccc2)c2ccccc2)c1. The summed E-state index contributed by atoms with van der Waals surface area (Å²) in [5, 5.41) is 3.45. The molecule has 3 aromatic carbocycles. The van der Waals surface area contributed by atoms with E-state index in [-0.39, 0.29) is 0 Å². The first-order valence-corrected chi connectivity index (χ1v) is 9.88. The van der Waals surface area contributed by atoms with Gasteiger partial charge in [-0.3, -0.25) is 0 Å². The van der Waals surface area contributed by atoms with E-state index in [4.69, 9.17) is 17.0 Å². The maximum absolute atomic E-state index is 7.27. The second kappa shape index (κ2) is 5.89. The zero-order valence-corrected chi connectivity index (χ0v) is 13.3. The van der Waals surface area contributed by atoms with Gasteiger partial charge < -0.3 is 0 Å². The van der Waals surface area contributed by atoms with Gasteiger partial charge in [0.2, 0.25) is 0 Å². The number of rotatable bonds is 3. The fourth-order valence-electron chi connectivity index (χ4n) is 2.59. The summed E-state index contributed by atoms with van der Waals surface area (Å²) < 4.78 is 0. The van der Waals surface area contributed by atoms with Crippen LogP contribution in [0.4, 0.5) is 5.69 Å². The molecular weight excluding hydrogens is 297 g/mol. The molecule has 0 aliphatic rings. The number of anilines is 1. The molecule has 106 valence electrons. The van der Waals surface area contributed by atoms with E-state index in [0.717, 1.165) is 11.0 Å². The van der Waals surface area contributed by atoms with Crippen LogP contribution in [-0.4, -0.2) is 0 Å². The topological polar surface area (TPSA) is 26.0 Å². The standard InChI is InChI=1S/C18H17ClNP/c19-21(16-9-3-1-4-10-16,17-11-5-2-6-12-17)18-13-7-8-15(20)14-18/h1-14,21H,20H2. The average molecular weight is 314 g/mol. The molecule has 0 bridgehead atoms. The van der Waals surface area contributed by atoms with Gasteiger partial charge in [-0.15, -0.1) is 0 Å². The van der Waals surface area contributed by atoms with E-state index in [9.17, 15) is 0 Å². The molecule has 0 aliphatic carbocycles. The summed E-state index contributed by atoms with van der Waals surface area (Å²) >= 11 is 7.27. The number of hydrogen-bond donors (Lipinski definition) is 1. The number of hydrogen-bond acceptors (Lipinski definition) is 1. The Morgan fingerprint density at radius 1 is 0.619 bits per heavy atom. The average Bonchev–Trinajstić information content (AvgIpc) is 2.56. The molecule has 0 fully saturated rings. The third-order valence-corrected chi connectivity index (χ3v) is 8.96. The predicted octanol–water partition coefficient (Wildman–Crippen LogP) is 3.45. The molecule has 21 heavy (non-hydrogen) atoms. The zero-order valence-electron chi connectivity index (χ0n) is 11.5. The molecule has 0 unspecified atom stereocenters. The molecule has 2 N–H and O–H groups in total. The summed E-state index contributed by atoms with van der Waals surface area (Å²) in [5.74, 6) is 0. The minimum atomic E-state index is -2.52. The first-order chi connectivity index (χ1) is 10.2. The molecule has 0 heterocycles. The number of nitrogen functional groups attached to an aromatic ring is 1. The molecule has 3 rings (SSSR count). The molecule has 0 aromatic heterocycles. The summed E-state index contributed by atoms with van der Waals surface area (Å²) in [5.41, 5.74) is 6.72. The first kappa shape index (κ1) is 14.1. The van der Waals surface area contributed by atoms with Crippen LogP contribution in [0.1, 0.15) is 0 Å². The van der Waals surface area contributed by atoms with E-state index in [2.05, 4.69) is 30.3 Å². The third-order valence-electron chi connectivity index (χ3n) is 3.63. The second-order valence-electron chi connectivity index (χ2n) is 5.02. The van der Waals surface area contributed by atoms with E-state index in [0.29, 0.717) is 0 Å². The number of benzene rings is 3. The van der Waals surface area contributed by atoms with Crippen LogP contribution in [-0.2, 0) is 0 Å². The Morgan fingerprint density at radius 3 is 1.57 bits per heavy atom. The van der Waals surface area contributed by atoms with Crippen LogP contribution in [0.25, 0.3) is 0 Å². The fourth-order valence-corrected chi connectivity index (χ4v) is 6.69. The molecule has 0 radical (unpaired) electrons. The minimum absolute atomic E-state index is 0.747. The van der Waals surface area contributed by atoms with Gasteiger partial charge in [-0.05, 0) is 0 Å². The normalized spacial score (nSPS) is 12.0. The van der Waals surface area contributed by atoms with Crippen molar-refractivity contribution >= 4 is 39.5 Å². The Kier molecular flexibility index (Phi) is 3.96. The van der Waals surface area contributed by atoms with Crippen molar-refractivity contribution in [1.29, 1.82) is 0 Å². The van der Waals surface area contributed by atoms with Gasteiger partial charge in [-0.1, -0.05) is 0 Å². The Hall–Kier alpha value is -1.82. The summed E-state index contributed by atoms with van der Waals surface area (Å²) in [6, 6.07) is 28.5. The van der Waals surface area contributed by atoms with Crippen LogP contribution in [0, 0.1) is 0 Å². The Morgan fingerprint density at radius 2 is 1.10 bits per heavy atom. The van der Waals surface area contributed by atoms with E-state index in [1.807, 2.05) is 54.6 Å². The molecule has 0 spiro atoms. The van der Waals surface area contributed by atoms with Crippen molar-refractivity contribution in [3.05, 3.63) is 84.9 Å². The van der Waals surface area contributed by atoms with Crippen LogP contribution >= 0.6 is 17.9 Å². The van der Waals surface area contributed by atoms with Crippen molar-refractivity contribution in [3.8, 4) is 0 Å². The monoisotopic (exact) mass is 313 g/mol. The summed E-state index contributed by atoms with van der Waals surface area (Å²) in [4.78, 5) is 0. The number of nitrogens with two attached hydrogens (primary N) is 1. The molecular formula is C18H17ClNP. The molecule has 0 atom stereocenters. The van der Waals surface area contributed by atoms with Crippen molar-refractivity contribution in [3.63, 3.8) is 0 Å². The Balaban J connectivity index is 2.25. The third kappa shape index (κ3) is 2.68. The molecule has 3 heteroatoms. The van der Waals surface area contributed by atoms with Crippen molar-refractivity contribution in [2.24, 2.45) is 0 Å². The Bertz CT molecular complexity index is 689. The van der Waals surface area contributed by atoms with Crippen LogP contribution in [0.5, 0.6) is 0 Å². The quantitative estimate of drug-likeness (QED) is 0.582. The van der Waals surface area contributed by atoms with Gasteiger partial charge in [0.05, 0.1) is 0 Å². The second-order valence-corrected chi connectivity index (χ2v) is 9.77. The van der Waals surface area contributed by atoms with Gasteiger partial charge in [0.1, 0.15) is 0 Å². The van der Waals surface area contributed by atoms with Crippen molar-refractivity contribution in [2.45, 2.75) is 0 Å². The summed E-state index contributed by atoms with van der Waals surface area (Å²) in [7, 11) is 0. The van der Waals surface area contributed by atoms with Crippen LogP contribution in [0.2, 0.25) is 0 Å². The van der Waals surface area contributed by atoms with E-state index < -0.39 is 6.62 Å². The summed E-state index contributed by atoms with van der Waals surface area (Å²) in [6.07, 6.45) is 0. The molecule has 0 amide bonds. The fraction of sp³-hybridized carbons (Fsp3) is 0. The van der Waals surface area contributed by atoms with E-state index in [1.54, 1.807) is 0 Å². The van der Waals surface area contributed by atoms with Gasteiger partial charge >= 0.3 is 130 Å². The zero-order chi connectivity index (χ0) is 14.7. The molecule has 0 saturated carbocycles. The molecule has 0 saturated heterocycles. The summed E-state index contributed by atoms with van der Waals surface area (Å²) in [6.45, 7) is -2.52. The van der Waals surface area contributed by atoms with Crippen molar-refractivity contribution in [2.75, 3.05) is 5.73 Å². The van der Waals surface area contributed by atoms with Gasteiger partial charge in [-0.2, -0.15) is 0 Å². The van der Waals surface area contributed by atoms with Crippen LogP contribution in [0.3, 0.4) is 0 Å². The predicted molar refractivity (Wildman–Crippen MR) is 96.8 cm³/mol. The maximum atomic E-state index is 7.27. The molecule has 0 aliphatic heterocycles. The first-order valence-electron chi connectivity index (χ1n) is 6.87. The molecule has 1 nitrogen and oxygen atoms in total. The number of halogens is 1. The van der Waals surface area contributed by atoms with Gasteiger partial charge in [0.15, 0.2) is 0 Å². The van der Waals surface area contributed by atoms with Gasteiger partial charge in [0.25, 0.3) is 0 Å².